The van der Waals surface area contributed by atoms with Crippen LogP contribution in [0.25, 0.3) is 0 Å². The van der Waals surface area contributed by atoms with Crippen molar-refractivity contribution in [2.24, 2.45) is 0 Å². The number of esters is 1. The molecule has 0 rings (SSSR count). The molecule has 0 heterocycles. The van der Waals surface area contributed by atoms with Crippen molar-refractivity contribution < 1.29 is 14.3 Å². The number of hydrogen-bond donors (Lipinski definition) is 0. The molecular weight excluding hydrogens is 336 g/mol. The number of carbonyl (C=O) groups is 1. The van der Waals surface area contributed by atoms with Crippen molar-refractivity contribution in [2.45, 2.75) is 136 Å². The number of unbranched alkanes of at least 4 members (excludes halogenated alkanes) is 11. The van der Waals surface area contributed by atoms with E-state index >= 15 is 0 Å². The monoisotopic (exact) mass is 382 g/mol. The fraction of sp³-hybridized carbons (Fsp3) is 0.875. The number of rotatable bonds is 19. The zero-order valence-electron chi connectivity index (χ0n) is 18.6. The molecule has 0 aromatic carbocycles. The number of allylic oxidation sites excluding steroid dienone is 2. The van der Waals surface area contributed by atoms with E-state index in [4.69, 9.17) is 9.47 Å². The van der Waals surface area contributed by atoms with Gasteiger partial charge in [-0.1, -0.05) is 77.4 Å². The second-order valence-corrected chi connectivity index (χ2v) is 7.85. The zero-order chi connectivity index (χ0) is 20.2. The smallest absolute Gasteiger partial charge is 0.308 e. The Morgan fingerprint density at radius 1 is 0.778 bits per heavy atom. The lowest BCUT2D eigenvalue weighted by Crippen LogP contribution is -2.23. The average Bonchev–Trinajstić information content (AvgIpc) is 2.64. The minimum Gasteiger partial charge on any atom is -0.436 e. The molecule has 0 aromatic rings. The largest absolute Gasteiger partial charge is 0.436 e. The Kier molecular flexibility index (Phi) is 19.3. The van der Waals surface area contributed by atoms with Crippen molar-refractivity contribution in [1.82, 2.24) is 0 Å². The maximum absolute atomic E-state index is 11.8. The summed E-state index contributed by atoms with van der Waals surface area (Å²) in [6.45, 7) is 8.16. The third-order valence-corrected chi connectivity index (χ3v) is 4.66. The van der Waals surface area contributed by atoms with E-state index in [0.717, 1.165) is 12.8 Å². The van der Waals surface area contributed by atoms with E-state index in [9.17, 15) is 4.79 Å². The lowest BCUT2D eigenvalue weighted by molar-refractivity contribution is -0.187. The molecule has 0 spiro atoms. The van der Waals surface area contributed by atoms with Crippen LogP contribution in [0.15, 0.2) is 12.2 Å². The van der Waals surface area contributed by atoms with Gasteiger partial charge in [-0.15, -0.1) is 0 Å². The van der Waals surface area contributed by atoms with Crippen molar-refractivity contribution >= 4 is 5.97 Å². The molecule has 0 aromatic heterocycles. The van der Waals surface area contributed by atoms with Gasteiger partial charge in [-0.05, 0) is 46.0 Å². The summed E-state index contributed by atoms with van der Waals surface area (Å²) in [5.41, 5.74) is 0. The van der Waals surface area contributed by atoms with Gasteiger partial charge in [0.05, 0.1) is 6.10 Å². The molecule has 3 nitrogen and oxygen atoms in total. The van der Waals surface area contributed by atoms with Crippen molar-refractivity contribution in [1.29, 1.82) is 0 Å². The van der Waals surface area contributed by atoms with Crippen LogP contribution in [-0.4, -0.2) is 18.4 Å². The maximum Gasteiger partial charge on any atom is 0.308 e. The van der Waals surface area contributed by atoms with Crippen LogP contribution in [0.1, 0.15) is 124 Å². The predicted octanol–water partition coefficient (Wildman–Crippen LogP) is 7.73. The second-order valence-electron chi connectivity index (χ2n) is 7.85. The standard InChI is InChI=1S/C24H46O3/c1-5-7-8-9-10-11-12-13-14-15-16-17-18-19-20-21-23(25)27-24(6-2)26-22(3)4/h13-14,22,24H,5-12,15-21H2,1-4H3. The summed E-state index contributed by atoms with van der Waals surface area (Å²) in [5.74, 6) is -0.125. The minimum absolute atomic E-state index is 0.0857. The topological polar surface area (TPSA) is 35.5 Å². The van der Waals surface area contributed by atoms with E-state index in [-0.39, 0.29) is 18.4 Å². The molecule has 0 saturated carbocycles. The van der Waals surface area contributed by atoms with Crippen LogP contribution in [0.3, 0.4) is 0 Å². The van der Waals surface area contributed by atoms with E-state index in [0.29, 0.717) is 12.8 Å². The zero-order valence-corrected chi connectivity index (χ0v) is 18.6. The summed E-state index contributed by atoms with van der Waals surface area (Å²) in [6, 6.07) is 0. The van der Waals surface area contributed by atoms with Gasteiger partial charge in [0.2, 0.25) is 6.29 Å². The van der Waals surface area contributed by atoms with Crippen LogP contribution in [-0.2, 0) is 14.3 Å². The first-order chi connectivity index (χ1) is 13.1. The molecule has 0 fully saturated rings. The third kappa shape index (κ3) is 19.7. The molecule has 0 saturated heterocycles. The van der Waals surface area contributed by atoms with Gasteiger partial charge in [0.1, 0.15) is 0 Å². The molecule has 0 aliphatic rings. The van der Waals surface area contributed by atoms with Gasteiger partial charge >= 0.3 is 5.97 Å². The molecular formula is C24H46O3. The Morgan fingerprint density at radius 2 is 1.30 bits per heavy atom. The van der Waals surface area contributed by atoms with Crippen LogP contribution in [0.2, 0.25) is 0 Å². The molecule has 160 valence electrons. The van der Waals surface area contributed by atoms with Gasteiger partial charge in [0.25, 0.3) is 0 Å². The lowest BCUT2D eigenvalue weighted by Gasteiger charge is -2.19. The highest BCUT2D eigenvalue weighted by atomic mass is 16.7. The minimum atomic E-state index is -0.388. The quantitative estimate of drug-likeness (QED) is 0.0992. The molecule has 0 aliphatic carbocycles. The van der Waals surface area contributed by atoms with Crippen LogP contribution >= 0.6 is 0 Å². The van der Waals surface area contributed by atoms with Gasteiger partial charge < -0.3 is 9.47 Å². The van der Waals surface area contributed by atoms with Gasteiger partial charge in [0.15, 0.2) is 0 Å². The Hall–Kier alpha value is -0.830. The summed E-state index contributed by atoms with van der Waals surface area (Å²) in [4.78, 5) is 11.8. The van der Waals surface area contributed by atoms with Crippen LogP contribution in [0, 0.1) is 0 Å². The van der Waals surface area contributed by atoms with Gasteiger partial charge in [0, 0.05) is 12.8 Å². The lowest BCUT2D eigenvalue weighted by atomic mass is 10.1. The van der Waals surface area contributed by atoms with E-state index in [1.165, 1.54) is 70.6 Å². The molecule has 27 heavy (non-hydrogen) atoms. The van der Waals surface area contributed by atoms with Crippen molar-refractivity contribution in [2.75, 3.05) is 0 Å². The summed E-state index contributed by atoms with van der Waals surface area (Å²) in [7, 11) is 0. The normalized spacial score (nSPS) is 12.8. The molecule has 3 heteroatoms. The highest BCUT2D eigenvalue weighted by Crippen LogP contribution is 2.11. The number of hydrogen-bond acceptors (Lipinski definition) is 3. The van der Waals surface area contributed by atoms with Crippen molar-refractivity contribution in [3.8, 4) is 0 Å². The van der Waals surface area contributed by atoms with E-state index in [1.807, 2.05) is 20.8 Å². The Bertz CT molecular complexity index is 350. The van der Waals surface area contributed by atoms with E-state index in [1.54, 1.807) is 0 Å². The van der Waals surface area contributed by atoms with Gasteiger partial charge in [-0.25, -0.2) is 0 Å². The predicted molar refractivity (Wildman–Crippen MR) is 116 cm³/mol. The van der Waals surface area contributed by atoms with Gasteiger partial charge in [-0.2, -0.15) is 0 Å². The molecule has 0 aliphatic heterocycles. The third-order valence-electron chi connectivity index (χ3n) is 4.66. The Labute approximate surface area is 169 Å². The van der Waals surface area contributed by atoms with E-state index in [2.05, 4.69) is 19.1 Å². The maximum atomic E-state index is 11.8. The SMILES string of the molecule is CCCCCCCCC=CCCCCCCCC(=O)OC(CC)OC(C)C. The van der Waals surface area contributed by atoms with E-state index < -0.39 is 0 Å². The van der Waals surface area contributed by atoms with Crippen LogP contribution < -0.4 is 0 Å². The first kappa shape index (κ1) is 26.2. The molecule has 0 radical (unpaired) electrons. The Balaban J connectivity index is 3.39. The molecule has 1 unspecified atom stereocenters. The number of carbonyl (C=O) groups excluding carboxylic acids is 1. The van der Waals surface area contributed by atoms with Crippen LogP contribution in [0.5, 0.6) is 0 Å². The highest BCUT2D eigenvalue weighted by Gasteiger charge is 2.13. The molecule has 0 N–H and O–H groups in total. The molecule has 1 atom stereocenters. The Morgan fingerprint density at radius 3 is 1.81 bits per heavy atom. The molecule has 0 amide bonds. The summed E-state index contributed by atoms with van der Waals surface area (Å²) in [6.07, 6.45) is 22.1. The fourth-order valence-corrected chi connectivity index (χ4v) is 3.06. The average molecular weight is 383 g/mol. The molecule has 0 bridgehead atoms. The van der Waals surface area contributed by atoms with Crippen molar-refractivity contribution in [3.05, 3.63) is 12.2 Å². The van der Waals surface area contributed by atoms with Gasteiger partial charge in [-0.3, -0.25) is 4.79 Å². The summed E-state index contributed by atoms with van der Waals surface area (Å²) >= 11 is 0. The number of ether oxygens (including phenoxy) is 2. The van der Waals surface area contributed by atoms with Crippen LogP contribution in [0.4, 0.5) is 0 Å². The highest BCUT2D eigenvalue weighted by molar-refractivity contribution is 5.69. The fourth-order valence-electron chi connectivity index (χ4n) is 3.06. The van der Waals surface area contributed by atoms with Crippen molar-refractivity contribution in [3.63, 3.8) is 0 Å². The first-order valence-corrected chi connectivity index (χ1v) is 11.6. The first-order valence-electron chi connectivity index (χ1n) is 11.6. The second kappa shape index (κ2) is 19.9. The summed E-state index contributed by atoms with van der Waals surface area (Å²) < 4.78 is 10.9. The summed E-state index contributed by atoms with van der Waals surface area (Å²) in [5, 5.41) is 0.